The summed E-state index contributed by atoms with van der Waals surface area (Å²) in [5.41, 5.74) is 4.58. The summed E-state index contributed by atoms with van der Waals surface area (Å²) in [4.78, 5) is 0. The van der Waals surface area contributed by atoms with Crippen LogP contribution in [0.15, 0.2) is 22.7 Å². The van der Waals surface area contributed by atoms with E-state index in [1.165, 1.54) is 0 Å². The van der Waals surface area contributed by atoms with E-state index in [0.717, 1.165) is 4.47 Å². The van der Waals surface area contributed by atoms with Crippen molar-refractivity contribution in [3.8, 4) is 5.75 Å². The molecule has 1 aromatic rings. The van der Waals surface area contributed by atoms with E-state index in [0.29, 0.717) is 17.7 Å². The molecule has 0 aromatic heterocycles. The molecule has 0 aliphatic carbocycles. The highest BCUT2D eigenvalue weighted by Crippen LogP contribution is 2.34. The van der Waals surface area contributed by atoms with Gasteiger partial charge in [-0.3, -0.25) is 0 Å². The average Bonchev–Trinajstić information content (AvgIpc) is 2.28. The monoisotopic (exact) mass is 275 g/mol. The van der Waals surface area contributed by atoms with Gasteiger partial charge in [-0.05, 0) is 40.0 Å². The van der Waals surface area contributed by atoms with Gasteiger partial charge in [0.25, 0.3) is 0 Å². The first-order valence-corrected chi connectivity index (χ1v) is 5.59. The van der Waals surface area contributed by atoms with Crippen LogP contribution in [-0.4, -0.2) is 13.7 Å². The Bertz CT molecular complexity index is 339. The fourth-order valence-electron chi connectivity index (χ4n) is 1.41. The molecule has 0 saturated heterocycles. The SMILES string of the molecule is CCC(F)(CN)c1ccc(OC)c(Br)c1. The number of alkyl halides is 1. The lowest BCUT2D eigenvalue weighted by Gasteiger charge is -2.22. The van der Waals surface area contributed by atoms with Crippen molar-refractivity contribution < 1.29 is 9.13 Å². The second-order valence-electron chi connectivity index (χ2n) is 3.37. The maximum absolute atomic E-state index is 14.2. The van der Waals surface area contributed by atoms with E-state index in [1.54, 1.807) is 32.2 Å². The zero-order valence-electron chi connectivity index (χ0n) is 8.89. The van der Waals surface area contributed by atoms with Crippen molar-refractivity contribution in [3.63, 3.8) is 0 Å². The molecule has 0 bridgehead atoms. The summed E-state index contributed by atoms with van der Waals surface area (Å²) >= 11 is 3.33. The number of hydrogen-bond donors (Lipinski definition) is 1. The van der Waals surface area contributed by atoms with Crippen LogP contribution in [0, 0.1) is 0 Å². The molecular weight excluding hydrogens is 261 g/mol. The fraction of sp³-hybridized carbons (Fsp3) is 0.455. The maximum Gasteiger partial charge on any atom is 0.147 e. The summed E-state index contributed by atoms with van der Waals surface area (Å²) in [6.45, 7) is 1.77. The minimum Gasteiger partial charge on any atom is -0.496 e. The molecule has 1 unspecified atom stereocenters. The van der Waals surface area contributed by atoms with Crippen molar-refractivity contribution in [2.75, 3.05) is 13.7 Å². The van der Waals surface area contributed by atoms with Crippen LogP contribution in [0.25, 0.3) is 0 Å². The first-order chi connectivity index (χ1) is 7.07. The lowest BCUT2D eigenvalue weighted by Crippen LogP contribution is -2.29. The summed E-state index contributed by atoms with van der Waals surface area (Å²) in [7, 11) is 1.57. The quantitative estimate of drug-likeness (QED) is 0.917. The van der Waals surface area contributed by atoms with Gasteiger partial charge in [0.15, 0.2) is 0 Å². The number of hydrogen-bond acceptors (Lipinski definition) is 2. The number of methoxy groups -OCH3 is 1. The van der Waals surface area contributed by atoms with E-state index in [-0.39, 0.29) is 6.54 Å². The molecule has 84 valence electrons. The molecule has 4 heteroatoms. The first-order valence-electron chi connectivity index (χ1n) is 4.80. The zero-order valence-corrected chi connectivity index (χ0v) is 10.5. The van der Waals surface area contributed by atoms with Gasteiger partial charge >= 0.3 is 0 Å². The van der Waals surface area contributed by atoms with Crippen molar-refractivity contribution in [2.45, 2.75) is 19.0 Å². The highest BCUT2D eigenvalue weighted by molar-refractivity contribution is 9.10. The fourth-order valence-corrected chi connectivity index (χ4v) is 1.95. The van der Waals surface area contributed by atoms with Gasteiger partial charge in [0.1, 0.15) is 11.4 Å². The third-order valence-electron chi connectivity index (χ3n) is 2.55. The van der Waals surface area contributed by atoms with E-state index in [9.17, 15) is 4.39 Å². The molecule has 1 aromatic carbocycles. The van der Waals surface area contributed by atoms with Crippen molar-refractivity contribution in [1.82, 2.24) is 0 Å². The van der Waals surface area contributed by atoms with Crippen molar-refractivity contribution in [2.24, 2.45) is 5.73 Å². The van der Waals surface area contributed by atoms with Gasteiger partial charge in [-0.15, -0.1) is 0 Å². The minimum absolute atomic E-state index is 0.0116. The van der Waals surface area contributed by atoms with Crippen LogP contribution in [-0.2, 0) is 5.67 Å². The number of nitrogens with two attached hydrogens (primary N) is 1. The highest BCUT2D eigenvalue weighted by atomic mass is 79.9. The normalized spacial score (nSPS) is 14.7. The zero-order chi connectivity index (χ0) is 11.5. The second kappa shape index (κ2) is 4.94. The summed E-state index contributed by atoms with van der Waals surface area (Å²) < 4.78 is 20.0. The molecule has 1 rings (SSSR count). The molecule has 0 saturated carbocycles. The molecule has 2 N–H and O–H groups in total. The largest absolute Gasteiger partial charge is 0.496 e. The van der Waals surface area contributed by atoms with Crippen LogP contribution < -0.4 is 10.5 Å². The van der Waals surface area contributed by atoms with E-state index < -0.39 is 5.67 Å². The van der Waals surface area contributed by atoms with Crippen molar-refractivity contribution in [3.05, 3.63) is 28.2 Å². The Morgan fingerprint density at radius 1 is 1.53 bits per heavy atom. The van der Waals surface area contributed by atoms with Gasteiger partial charge < -0.3 is 10.5 Å². The van der Waals surface area contributed by atoms with Crippen molar-refractivity contribution >= 4 is 15.9 Å². The van der Waals surface area contributed by atoms with Gasteiger partial charge in [0, 0.05) is 6.54 Å². The number of rotatable bonds is 4. The molecule has 15 heavy (non-hydrogen) atoms. The number of ether oxygens (including phenoxy) is 1. The Hall–Kier alpha value is -0.610. The predicted octanol–water partition coefficient (Wildman–Crippen LogP) is 2.99. The Balaban J connectivity index is 3.11. The van der Waals surface area contributed by atoms with E-state index in [2.05, 4.69) is 15.9 Å². The topological polar surface area (TPSA) is 35.2 Å². The van der Waals surface area contributed by atoms with Crippen LogP contribution in [0.2, 0.25) is 0 Å². The summed E-state index contributed by atoms with van der Waals surface area (Å²) in [5, 5.41) is 0. The van der Waals surface area contributed by atoms with Crippen molar-refractivity contribution in [1.29, 1.82) is 0 Å². The molecule has 1 atom stereocenters. The van der Waals surface area contributed by atoms with Gasteiger partial charge in [0.2, 0.25) is 0 Å². The first kappa shape index (κ1) is 12.5. The average molecular weight is 276 g/mol. The van der Waals surface area contributed by atoms with Crippen LogP contribution in [0.4, 0.5) is 4.39 Å². The Morgan fingerprint density at radius 3 is 2.60 bits per heavy atom. The third-order valence-corrected chi connectivity index (χ3v) is 3.17. The predicted molar refractivity (Wildman–Crippen MR) is 62.8 cm³/mol. The smallest absolute Gasteiger partial charge is 0.147 e. The van der Waals surface area contributed by atoms with Gasteiger partial charge in [-0.25, -0.2) is 4.39 Å². The molecule has 0 fully saturated rings. The van der Waals surface area contributed by atoms with E-state index >= 15 is 0 Å². The van der Waals surface area contributed by atoms with Gasteiger partial charge in [0.05, 0.1) is 11.6 Å². The second-order valence-corrected chi connectivity index (χ2v) is 4.23. The Labute approximate surface area is 97.7 Å². The maximum atomic E-state index is 14.2. The van der Waals surface area contributed by atoms with E-state index in [4.69, 9.17) is 10.5 Å². The van der Waals surface area contributed by atoms with Crippen LogP contribution in [0.5, 0.6) is 5.75 Å². The van der Waals surface area contributed by atoms with Crippen LogP contribution in [0.1, 0.15) is 18.9 Å². The molecule has 0 amide bonds. The van der Waals surface area contributed by atoms with Crippen LogP contribution >= 0.6 is 15.9 Å². The molecule has 0 spiro atoms. The Kier molecular flexibility index (Phi) is 4.11. The van der Waals surface area contributed by atoms with E-state index in [1.807, 2.05) is 0 Å². The van der Waals surface area contributed by atoms with Crippen LogP contribution in [0.3, 0.4) is 0 Å². The third kappa shape index (κ3) is 2.49. The molecule has 0 radical (unpaired) electrons. The highest BCUT2D eigenvalue weighted by Gasteiger charge is 2.28. The molecule has 2 nitrogen and oxygen atoms in total. The van der Waals surface area contributed by atoms with Gasteiger partial charge in [-0.1, -0.05) is 13.0 Å². The lowest BCUT2D eigenvalue weighted by molar-refractivity contribution is 0.168. The minimum atomic E-state index is -1.45. The molecule has 0 heterocycles. The standard InChI is InChI=1S/C11H15BrFNO/c1-3-11(13,7-14)8-4-5-10(15-2)9(12)6-8/h4-6H,3,7,14H2,1-2H3. The summed E-state index contributed by atoms with van der Waals surface area (Å²) in [6.07, 6.45) is 0.363. The van der Waals surface area contributed by atoms with Gasteiger partial charge in [-0.2, -0.15) is 0 Å². The molecular formula is C11H15BrFNO. The number of benzene rings is 1. The number of halogens is 2. The molecule has 0 aliphatic rings. The lowest BCUT2D eigenvalue weighted by atomic mass is 9.93. The molecule has 0 aliphatic heterocycles. The summed E-state index contributed by atoms with van der Waals surface area (Å²) in [5.74, 6) is 0.689. The Morgan fingerprint density at radius 2 is 2.20 bits per heavy atom. The summed E-state index contributed by atoms with van der Waals surface area (Å²) in [6, 6.07) is 5.16.